The maximum atomic E-state index is 13.7. The lowest BCUT2D eigenvalue weighted by Gasteiger charge is -2.08. The van der Waals surface area contributed by atoms with Gasteiger partial charge in [-0.3, -0.25) is 4.79 Å². The molecule has 1 heterocycles. The first-order valence-corrected chi connectivity index (χ1v) is 6.99. The van der Waals surface area contributed by atoms with Crippen molar-refractivity contribution < 1.29 is 13.9 Å². The van der Waals surface area contributed by atoms with Gasteiger partial charge in [0.1, 0.15) is 11.4 Å². The van der Waals surface area contributed by atoms with Crippen LogP contribution < -0.4 is 10.5 Å². The van der Waals surface area contributed by atoms with Crippen LogP contribution in [0.5, 0.6) is 11.5 Å². The molecule has 0 aliphatic heterocycles. The van der Waals surface area contributed by atoms with Crippen LogP contribution in [0.25, 0.3) is 5.69 Å². The number of amides is 1. The molecule has 2 N–H and O–H groups in total. The van der Waals surface area contributed by atoms with E-state index in [1.807, 2.05) is 0 Å². The lowest BCUT2D eigenvalue weighted by atomic mass is 10.3. The summed E-state index contributed by atoms with van der Waals surface area (Å²) < 4.78 is 20.7. The van der Waals surface area contributed by atoms with E-state index in [0.717, 1.165) is 0 Å². The molecule has 1 aromatic heterocycles. The van der Waals surface area contributed by atoms with Crippen LogP contribution in [-0.4, -0.2) is 15.7 Å². The normalized spacial score (nSPS) is 10.5. The Kier molecular flexibility index (Phi) is 3.99. The number of carbonyl (C=O) groups is 1. The van der Waals surface area contributed by atoms with E-state index in [1.54, 1.807) is 36.5 Å². The largest absolute Gasteiger partial charge is 0.454 e. The molecule has 7 heteroatoms. The third kappa shape index (κ3) is 3.32. The summed E-state index contributed by atoms with van der Waals surface area (Å²) >= 11 is 5.69. The van der Waals surface area contributed by atoms with E-state index in [-0.39, 0.29) is 11.4 Å². The fourth-order valence-corrected chi connectivity index (χ4v) is 2.11. The molecule has 0 fully saturated rings. The van der Waals surface area contributed by atoms with Crippen molar-refractivity contribution in [2.24, 2.45) is 5.73 Å². The Morgan fingerprint density at radius 3 is 2.52 bits per heavy atom. The molecule has 5 nitrogen and oxygen atoms in total. The molecule has 3 rings (SSSR count). The Bertz CT molecular complexity index is 862. The first-order chi connectivity index (χ1) is 11.0. The number of hydrogen-bond acceptors (Lipinski definition) is 3. The van der Waals surface area contributed by atoms with Crippen LogP contribution >= 0.6 is 11.6 Å². The number of halogens is 2. The number of rotatable bonds is 4. The van der Waals surface area contributed by atoms with Gasteiger partial charge in [0.25, 0.3) is 5.91 Å². The summed E-state index contributed by atoms with van der Waals surface area (Å²) in [7, 11) is 0. The maximum absolute atomic E-state index is 13.7. The smallest absolute Gasteiger partial charge is 0.269 e. The zero-order valence-electron chi connectivity index (χ0n) is 11.7. The highest BCUT2D eigenvalue weighted by Crippen LogP contribution is 2.27. The van der Waals surface area contributed by atoms with Gasteiger partial charge in [0.05, 0.1) is 5.69 Å². The molecule has 116 valence electrons. The molecule has 3 aromatic rings. The zero-order valence-corrected chi connectivity index (χ0v) is 12.5. The van der Waals surface area contributed by atoms with Crippen molar-refractivity contribution in [2.45, 2.75) is 0 Å². The number of nitrogens with two attached hydrogens (primary N) is 1. The monoisotopic (exact) mass is 331 g/mol. The molecule has 0 saturated heterocycles. The minimum Gasteiger partial charge on any atom is -0.454 e. The highest BCUT2D eigenvalue weighted by Gasteiger charge is 2.08. The molecule has 0 aliphatic rings. The maximum Gasteiger partial charge on any atom is 0.269 e. The van der Waals surface area contributed by atoms with Crippen LogP contribution in [0, 0.1) is 5.82 Å². The fourth-order valence-electron chi connectivity index (χ4n) is 1.95. The average molecular weight is 332 g/mol. The molecule has 0 unspecified atom stereocenters. The zero-order chi connectivity index (χ0) is 16.4. The van der Waals surface area contributed by atoms with Crippen molar-refractivity contribution in [3.63, 3.8) is 0 Å². The van der Waals surface area contributed by atoms with Gasteiger partial charge in [-0.1, -0.05) is 11.6 Å². The molecule has 23 heavy (non-hydrogen) atoms. The molecule has 0 spiro atoms. The highest BCUT2D eigenvalue weighted by molar-refractivity contribution is 6.30. The van der Waals surface area contributed by atoms with E-state index in [1.165, 1.54) is 22.9 Å². The molecule has 2 aromatic carbocycles. The lowest BCUT2D eigenvalue weighted by Crippen LogP contribution is -2.12. The van der Waals surface area contributed by atoms with Crippen LogP contribution in [0.2, 0.25) is 5.02 Å². The quantitative estimate of drug-likeness (QED) is 0.794. The minimum atomic E-state index is -0.595. The van der Waals surface area contributed by atoms with Gasteiger partial charge in [0.15, 0.2) is 11.6 Å². The Morgan fingerprint density at radius 2 is 1.91 bits per heavy atom. The van der Waals surface area contributed by atoms with Gasteiger partial charge < -0.3 is 10.5 Å². The lowest BCUT2D eigenvalue weighted by molar-refractivity contribution is 0.0995. The van der Waals surface area contributed by atoms with Crippen molar-refractivity contribution in [3.05, 3.63) is 71.3 Å². The summed E-state index contributed by atoms with van der Waals surface area (Å²) in [5.74, 6) is -0.601. The number of ether oxygens (including phenoxy) is 1. The second kappa shape index (κ2) is 6.10. The fraction of sp³-hybridized carbons (Fsp3) is 0. The van der Waals surface area contributed by atoms with Gasteiger partial charge >= 0.3 is 0 Å². The van der Waals surface area contributed by atoms with Crippen LogP contribution in [0.15, 0.2) is 54.7 Å². The van der Waals surface area contributed by atoms with E-state index >= 15 is 0 Å². The van der Waals surface area contributed by atoms with Crippen LogP contribution in [-0.2, 0) is 0 Å². The van der Waals surface area contributed by atoms with Crippen molar-refractivity contribution in [1.29, 1.82) is 0 Å². The number of aromatic nitrogens is 2. The Balaban J connectivity index is 1.80. The Hall–Kier alpha value is -2.86. The predicted molar refractivity (Wildman–Crippen MR) is 83.6 cm³/mol. The summed E-state index contributed by atoms with van der Waals surface area (Å²) in [6.07, 6.45) is 1.62. The summed E-state index contributed by atoms with van der Waals surface area (Å²) in [5, 5.41) is 4.34. The molecule has 0 aliphatic carbocycles. The van der Waals surface area contributed by atoms with E-state index in [9.17, 15) is 9.18 Å². The van der Waals surface area contributed by atoms with Crippen molar-refractivity contribution in [2.75, 3.05) is 0 Å². The standard InChI is InChI=1S/C16H11ClFN3O2/c17-10-1-6-15(13(18)9-10)23-12-4-2-11(3-5-12)21-8-7-14(20-21)16(19)22/h1-9H,(H2,19,22). The van der Waals surface area contributed by atoms with Gasteiger partial charge in [-0.15, -0.1) is 0 Å². The van der Waals surface area contributed by atoms with Gasteiger partial charge in [-0.25, -0.2) is 9.07 Å². The number of hydrogen-bond donors (Lipinski definition) is 1. The van der Waals surface area contributed by atoms with Crippen molar-refractivity contribution in [3.8, 4) is 17.2 Å². The number of primary amides is 1. The summed E-state index contributed by atoms with van der Waals surface area (Å²) in [4.78, 5) is 11.0. The first kappa shape index (κ1) is 15.1. The van der Waals surface area contributed by atoms with Gasteiger partial charge in [-0.05, 0) is 48.5 Å². The molecule has 0 atom stereocenters. The van der Waals surface area contributed by atoms with Gasteiger partial charge in [0, 0.05) is 11.2 Å². The summed E-state index contributed by atoms with van der Waals surface area (Å²) in [5.41, 5.74) is 6.04. The number of nitrogens with zero attached hydrogens (tertiary/aromatic N) is 2. The van der Waals surface area contributed by atoms with E-state index in [2.05, 4.69) is 5.10 Å². The van der Waals surface area contributed by atoms with Crippen LogP contribution in [0.1, 0.15) is 10.5 Å². The molecular formula is C16H11ClFN3O2. The van der Waals surface area contributed by atoms with Crippen LogP contribution in [0.4, 0.5) is 4.39 Å². The topological polar surface area (TPSA) is 70.1 Å². The average Bonchev–Trinajstić information content (AvgIpc) is 3.01. The SMILES string of the molecule is NC(=O)c1ccn(-c2ccc(Oc3ccc(Cl)cc3F)cc2)n1. The molecule has 0 bridgehead atoms. The number of carbonyl (C=O) groups excluding carboxylic acids is 1. The third-order valence-electron chi connectivity index (χ3n) is 3.06. The number of benzene rings is 2. The minimum absolute atomic E-state index is 0.0808. The van der Waals surface area contributed by atoms with Crippen molar-refractivity contribution in [1.82, 2.24) is 9.78 Å². The van der Waals surface area contributed by atoms with E-state index < -0.39 is 11.7 Å². The summed E-state index contributed by atoms with van der Waals surface area (Å²) in [6.45, 7) is 0. The summed E-state index contributed by atoms with van der Waals surface area (Å²) in [6, 6.07) is 12.5. The van der Waals surface area contributed by atoms with E-state index in [4.69, 9.17) is 22.1 Å². The van der Waals surface area contributed by atoms with Crippen molar-refractivity contribution >= 4 is 17.5 Å². The molecule has 0 radical (unpaired) electrons. The van der Waals surface area contributed by atoms with Gasteiger partial charge in [0.2, 0.25) is 0 Å². The molecular weight excluding hydrogens is 321 g/mol. The first-order valence-electron chi connectivity index (χ1n) is 6.62. The van der Waals surface area contributed by atoms with Gasteiger partial charge in [-0.2, -0.15) is 5.10 Å². The highest BCUT2D eigenvalue weighted by atomic mass is 35.5. The Morgan fingerprint density at radius 1 is 1.17 bits per heavy atom. The predicted octanol–water partition coefficient (Wildman–Crippen LogP) is 3.56. The Labute approximate surface area is 136 Å². The second-order valence-electron chi connectivity index (χ2n) is 4.68. The third-order valence-corrected chi connectivity index (χ3v) is 3.30. The van der Waals surface area contributed by atoms with Crippen LogP contribution in [0.3, 0.4) is 0 Å². The van der Waals surface area contributed by atoms with E-state index in [0.29, 0.717) is 16.5 Å². The molecule has 0 saturated carbocycles. The second-order valence-corrected chi connectivity index (χ2v) is 5.12. The molecule has 1 amide bonds.